The van der Waals surface area contributed by atoms with Crippen LogP contribution in [0.3, 0.4) is 0 Å². The molecule has 0 unspecified atom stereocenters. The summed E-state index contributed by atoms with van der Waals surface area (Å²) in [5.74, 6) is -0.697. The molecule has 0 aliphatic heterocycles. The van der Waals surface area contributed by atoms with E-state index in [1.807, 2.05) is 0 Å². The lowest BCUT2D eigenvalue weighted by atomic mass is 10.2. The summed E-state index contributed by atoms with van der Waals surface area (Å²) < 4.78 is 68.2. The van der Waals surface area contributed by atoms with E-state index in [1.54, 1.807) is 0 Å². The minimum Gasteiger partial charge on any atom is -0.484 e. The van der Waals surface area contributed by atoms with Gasteiger partial charge in [-0.1, -0.05) is 6.07 Å². The van der Waals surface area contributed by atoms with Gasteiger partial charge in [-0.3, -0.25) is 4.79 Å². The maximum absolute atomic E-state index is 12.6. The molecule has 0 aliphatic rings. The van der Waals surface area contributed by atoms with Gasteiger partial charge >= 0.3 is 6.18 Å². The molecule has 0 radical (unpaired) electrons. The quantitative estimate of drug-likeness (QED) is 0.797. The lowest BCUT2D eigenvalue weighted by molar-refractivity contribution is -0.137. The molecule has 0 aromatic heterocycles. The Labute approximate surface area is 148 Å². The molecule has 140 valence electrons. The molecule has 26 heavy (non-hydrogen) atoms. The molecule has 2 N–H and O–H groups in total. The summed E-state index contributed by atoms with van der Waals surface area (Å²) in [6, 6.07) is 9.54. The Balaban J connectivity index is 1.95. The molecule has 0 atom stereocenters. The van der Waals surface area contributed by atoms with Gasteiger partial charge in [-0.2, -0.15) is 13.2 Å². The Hall–Kier alpha value is -2.59. The molecule has 0 spiro atoms. The van der Waals surface area contributed by atoms with Crippen LogP contribution in [-0.4, -0.2) is 28.0 Å². The van der Waals surface area contributed by atoms with E-state index in [2.05, 4.69) is 10.0 Å². The molecule has 2 rings (SSSR count). The molecule has 2 aromatic carbocycles. The van der Waals surface area contributed by atoms with Crippen LogP contribution in [0.5, 0.6) is 5.75 Å². The van der Waals surface area contributed by atoms with Gasteiger partial charge in [0, 0.05) is 5.69 Å². The molecule has 0 saturated carbocycles. The standard InChI is InChI=1S/C16H15F3N2O4S/c1-20-26(23,24)14-7-5-12(6-8-14)21-15(22)10-25-13-4-2-3-11(9-13)16(17,18)19/h2-9,20H,10H2,1H3,(H,21,22). The van der Waals surface area contributed by atoms with E-state index >= 15 is 0 Å². The second kappa shape index (κ2) is 7.75. The largest absolute Gasteiger partial charge is 0.484 e. The summed E-state index contributed by atoms with van der Waals surface area (Å²) >= 11 is 0. The van der Waals surface area contributed by atoms with Crippen molar-refractivity contribution in [2.75, 3.05) is 19.0 Å². The summed E-state index contributed by atoms with van der Waals surface area (Å²) in [6.07, 6.45) is -4.50. The van der Waals surface area contributed by atoms with Gasteiger partial charge in [0.2, 0.25) is 10.0 Å². The van der Waals surface area contributed by atoms with Crippen LogP contribution in [0.1, 0.15) is 5.56 Å². The topological polar surface area (TPSA) is 84.5 Å². The van der Waals surface area contributed by atoms with Gasteiger partial charge in [0.1, 0.15) is 5.75 Å². The smallest absolute Gasteiger partial charge is 0.416 e. The van der Waals surface area contributed by atoms with E-state index in [1.165, 1.54) is 43.4 Å². The zero-order chi connectivity index (χ0) is 19.4. The van der Waals surface area contributed by atoms with Gasteiger partial charge in [0.15, 0.2) is 6.61 Å². The number of nitrogens with one attached hydrogen (secondary N) is 2. The Morgan fingerprint density at radius 3 is 2.35 bits per heavy atom. The average Bonchev–Trinajstić information content (AvgIpc) is 2.60. The highest BCUT2D eigenvalue weighted by Crippen LogP contribution is 2.31. The first kappa shape index (κ1) is 19.7. The van der Waals surface area contributed by atoms with Crippen molar-refractivity contribution in [1.29, 1.82) is 0 Å². The third kappa shape index (κ3) is 5.20. The van der Waals surface area contributed by atoms with Crippen molar-refractivity contribution >= 4 is 21.6 Å². The van der Waals surface area contributed by atoms with Crippen molar-refractivity contribution in [3.8, 4) is 5.75 Å². The number of hydrogen-bond donors (Lipinski definition) is 2. The first-order chi connectivity index (χ1) is 12.1. The lowest BCUT2D eigenvalue weighted by Crippen LogP contribution is -2.21. The predicted octanol–water partition coefficient (Wildman–Crippen LogP) is 2.63. The summed E-state index contributed by atoms with van der Waals surface area (Å²) in [4.78, 5) is 11.8. The molecule has 2 aromatic rings. The van der Waals surface area contributed by atoms with Crippen molar-refractivity contribution in [2.45, 2.75) is 11.1 Å². The highest BCUT2D eigenvalue weighted by molar-refractivity contribution is 7.89. The molecule has 0 heterocycles. The molecule has 10 heteroatoms. The first-order valence-corrected chi connectivity index (χ1v) is 8.73. The number of halogens is 3. The van der Waals surface area contributed by atoms with Gasteiger partial charge in [-0.05, 0) is 49.5 Å². The Morgan fingerprint density at radius 2 is 1.77 bits per heavy atom. The number of benzene rings is 2. The third-order valence-corrected chi connectivity index (χ3v) is 4.68. The van der Waals surface area contributed by atoms with Crippen molar-refractivity contribution in [3.05, 3.63) is 54.1 Å². The SMILES string of the molecule is CNS(=O)(=O)c1ccc(NC(=O)COc2cccc(C(F)(F)F)c2)cc1. The highest BCUT2D eigenvalue weighted by atomic mass is 32.2. The highest BCUT2D eigenvalue weighted by Gasteiger charge is 2.30. The van der Waals surface area contributed by atoms with Crippen LogP contribution in [-0.2, 0) is 21.0 Å². The monoisotopic (exact) mass is 388 g/mol. The third-order valence-electron chi connectivity index (χ3n) is 3.25. The number of rotatable bonds is 6. The predicted molar refractivity (Wildman–Crippen MR) is 88.3 cm³/mol. The fourth-order valence-corrected chi connectivity index (χ4v) is 2.67. The number of carbonyl (C=O) groups excluding carboxylic acids is 1. The summed E-state index contributed by atoms with van der Waals surface area (Å²) in [6.45, 7) is -0.502. The van der Waals surface area contributed by atoms with Crippen LogP contribution in [0.4, 0.5) is 18.9 Å². The van der Waals surface area contributed by atoms with Crippen molar-refractivity contribution < 1.29 is 31.1 Å². The summed E-state index contributed by atoms with van der Waals surface area (Å²) in [5.41, 5.74) is -0.561. The number of alkyl halides is 3. The second-order valence-electron chi connectivity index (χ2n) is 5.09. The first-order valence-electron chi connectivity index (χ1n) is 7.25. The van der Waals surface area contributed by atoms with Crippen LogP contribution in [0.25, 0.3) is 0 Å². The fourth-order valence-electron chi connectivity index (χ4n) is 1.94. The summed E-state index contributed by atoms with van der Waals surface area (Å²) in [5, 5.41) is 2.45. The molecular formula is C16H15F3N2O4S. The van der Waals surface area contributed by atoms with Crippen LogP contribution < -0.4 is 14.8 Å². The second-order valence-corrected chi connectivity index (χ2v) is 6.98. The fraction of sp³-hybridized carbons (Fsp3) is 0.188. The number of amides is 1. The molecule has 1 amide bonds. The van der Waals surface area contributed by atoms with Crippen molar-refractivity contribution in [3.63, 3.8) is 0 Å². The normalized spacial score (nSPS) is 11.8. The van der Waals surface area contributed by atoms with Gasteiger partial charge < -0.3 is 10.1 Å². The van der Waals surface area contributed by atoms with Crippen LogP contribution in [0, 0.1) is 0 Å². The van der Waals surface area contributed by atoms with E-state index in [0.717, 1.165) is 12.1 Å². The minimum absolute atomic E-state index is 0.0261. The average molecular weight is 388 g/mol. The van der Waals surface area contributed by atoms with Crippen LogP contribution >= 0.6 is 0 Å². The number of anilines is 1. The zero-order valence-electron chi connectivity index (χ0n) is 13.5. The molecule has 0 saturated heterocycles. The van der Waals surface area contributed by atoms with E-state index in [0.29, 0.717) is 5.69 Å². The van der Waals surface area contributed by atoms with E-state index in [-0.39, 0.29) is 10.6 Å². The van der Waals surface area contributed by atoms with Gasteiger partial charge in [-0.25, -0.2) is 13.1 Å². The van der Waals surface area contributed by atoms with Crippen molar-refractivity contribution in [2.24, 2.45) is 0 Å². The van der Waals surface area contributed by atoms with Gasteiger partial charge in [-0.15, -0.1) is 0 Å². The van der Waals surface area contributed by atoms with E-state index in [9.17, 15) is 26.4 Å². The van der Waals surface area contributed by atoms with E-state index < -0.39 is 34.3 Å². The lowest BCUT2D eigenvalue weighted by Gasteiger charge is -2.10. The Morgan fingerprint density at radius 1 is 1.12 bits per heavy atom. The Bertz CT molecular complexity index is 881. The number of hydrogen-bond acceptors (Lipinski definition) is 4. The molecule has 6 nitrogen and oxygen atoms in total. The molecule has 0 bridgehead atoms. The number of sulfonamides is 1. The molecule has 0 fully saturated rings. The molecule has 0 aliphatic carbocycles. The van der Waals surface area contributed by atoms with Crippen LogP contribution in [0.15, 0.2) is 53.4 Å². The summed E-state index contributed by atoms with van der Waals surface area (Å²) in [7, 11) is -2.31. The van der Waals surface area contributed by atoms with Gasteiger partial charge in [0.05, 0.1) is 10.5 Å². The van der Waals surface area contributed by atoms with Crippen LogP contribution in [0.2, 0.25) is 0 Å². The van der Waals surface area contributed by atoms with Gasteiger partial charge in [0.25, 0.3) is 5.91 Å². The Kier molecular flexibility index (Phi) is 5.88. The zero-order valence-corrected chi connectivity index (χ0v) is 14.3. The van der Waals surface area contributed by atoms with Crippen molar-refractivity contribution in [1.82, 2.24) is 4.72 Å². The van der Waals surface area contributed by atoms with E-state index in [4.69, 9.17) is 4.74 Å². The maximum atomic E-state index is 12.6. The molecular weight excluding hydrogens is 373 g/mol. The number of ether oxygens (including phenoxy) is 1. The maximum Gasteiger partial charge on any atom is 0.416 e. The minimum atomic E-state index is -4.50. The number of carbonyl (C=O) groups is 1.